The van der Waals surface area contributed by atoms with Crippen LogP contribution in [0.1, 0.15) is 0 Å². The van der Waals surface area contributed by atoms with Gasteiger partial charge < -0.3 is 5.09 Å². The van der Waals surface area contributed by atoms with Gasteiger partial charge in [-0.15, -0.1) is 0 Å². The molecular formula is C33H24BrN4OP. The predicted molar refractivity (Wildman–Crippen MR) is 168 cm³/mol. The van der Waals surface area contributed by atoms with E-state index in [-0.39, 0.29) is 0 Å². The van der Waals surface area contributed by atoms with Crippen LogP contribution in [0.15, 0.2) is 138 Å². The van der Waals surface area contributed by atoms with Gasteiger partial charge in [0, 0.05) is 37.7 Å². The largest absolute Gasteiger partial charge is 0.334 e. The Labute approximate surface area is 242 Å². The van der Waals surface area contributed by atoms with Crippen molar-refractivity contribution in [3.8, 4) is 45.3 Å². The zero-order valence-corrected chi connectivity index (χ0v) is 23.9. The van der Waals surface area contributed by atoms with Gasteiger partial charge in [0.1, 0.15) is 0 Å². The molecule has 0 bridgehead atoms. The van der Waals surface area contributed by atoms with Crippen LogP contribution in [-0.2, 0) is 4.57 Å². The second kappa shape index (κ2) is 11.8. The van der Waals surface area contributed by atoms with Crippen molar-refractivity contribution >= 4 is 34.9 Å². The van der Waals surface area contributed by atoms with E-state index in [1.807, 2.05) is 133 Å². The Morgan fingerprint density at radius 1 is 0.525 bits per heavy atom. The second-order valence-corrected chi connectivity index (χ2v) is 11.5. The molecule has 1 unspecified atom stereocenters. The fourth-order valence-electron chi connectivity index (χ4n) is 4.47. The van der Waals surface area contributed by atoms with Crippen molar-refractivity contribution in [3.63, 3.8) is 0 Å². The van der Waals surface area contributed by atoms with Gasteiger partial charge in [-0.2, -0.15) is 0 Å². The smallest absolute Gasteiger partial charge is 0.187 e. The minimum absolute atomic E-state index is 0.560. The Bertz CT molecular complexity index is 1740. The van der Waals surface area contributed by atoms with E-state index in [0.29, 0.717) is 17.5 Å². The van der Waals surface area contributed by atoms with Gasteiger partial charge in [-0.3, -0.25) is 4.57 Å². The van der Waals surface area contributed by atoms with Crippen molar-refractivity contribution in [2.24, 2.45) is 0 Å². The van der Waals surface area contributed by atoms with Crippen LogP contribution in [0.5, 0.6) is 0 Å². The third-order valence-electron chi connectivity index (χ3n) is 6.42. The summed E-state index contributed by atoms with van der Waals surface area (Å²) in [6, 6.07) is 43.2. The Balaban J connectivity index is 1.50. The molecule has 40 heavy (non-hydrogen) atoms. The van der Waals surface area contributed by atoms with Crippen LogP contribution in [0.25, 0.3) is 45.3 Å². The fraction of sp³-hybridized carbons (Fsp3) is 0. The van der Waals surface area contributed by atoms with Crippen molar-refractivity contribution in [2.75, 3.05) is 5.09 Å². The van der Waals surface area contributed by atoms with E-state index in [1.165, 1.54) is 0 Å². The van der Waals surface area contributed by atoms with Crippen LogP contribution in [-0.4, -0.2) is 15.0 Å². The molecule has 0 radical (unpaired) electrons. The number of benzene rings is 5. The van der Waals surface area contributed by atoms with E-state index in [2.05, 4.69) is 21.0 Å². The number of nitrogens with one attached hydrogen (secondary N) is 1. The number of hydrogen-bond donors (Lipinski definition) is 1. The molecule has 0 spiro atoms. The summed E-state index contributed by atoms with van der Waals surface area (Å²) < 4.78 is 14.2. The highest BCUT2D eigenvalue weighted by Crippen LogP contribution is 2.39. The van der Waals surface area contributed by atoms with Gasteiger partial charge in [0.2, 0.25) is 0 Å². The monoisotopic (exact) mass is 602 g/mol. The minimum atomic E-state index is -2.28. The Morgan fingerprint density at radius 2 is 1.02 bits per heavy atom. The molecule has 6 rings (SSSR count). The molecule has 0 saturated carbocycles. The molecule has 0 fully saturated rings. The summed E-state index contributed by atoms with van der Waals surface area (Å²) in [7, 11) is -2.28. The lowest BCUT2D eigenvalue weighted by Crippen LogP contribution is -2.03. The Kier molecular flexibility index (Phi) is 7.62. The number of halogens is 1. The minimum Gasteiger partial charge on any atom is -0.334 e. The van der Waals surface area contributed by atoms with Crippen molar-refractivity contribution < 1.29 is 4.57 Å². The number of nitrogens with zero attached hydrogens (tertiary/aromatic N) is 3. The van der Waals surface area contributed by atoms with Gasteiger partial charge >= 0.3 is 0 Å². The summed E-state index contributed by atoms with van der Waals surface area (Å²) in [6.07, 6.45) is 0. The van der Waals surface area contributed by atoms with Crippen molar-refractivity contribution in [2.45, 2.75) is 0 Å². The predicted octanol–water partition coefficient (Wildman–Crippen LogP) is 8.51. The van der Waals surface area contributed by atoms with Crippen LogP contribution < -0.4 is 10.4 Å². The summed E-state index contributed by atoms with van der Waals surface area (Å²) in [5.41, 5.74) is 5.24. The fourth-order valence-corrected chi connectivity index (χ4v) is 5.94. The molecular weight excluding hydrogens is 579 g/mol. The van der Waals surface area contributed by atoms with Crippen molar-refractivity contribution in [1.29, 1.82) is 0 Å². The van der Waals surface area contributed by atoms with Crippen LogP contribution >= 0.6 is 23.9 Å². The van der Waals surface area contributed by atoms with Gasteiger partial charge in [-0.25, -0.2) is 15.0 Å². The van der Waals surface area contributed by atoms with Crippen LogP contribution in [0, 0.1) is 0 Å². The maximum Gasteiger partial charge on any atom is 0.187 e. The third-order valence-corrected chi connectivity index (χ3v) is 8.27. The molecule has 1 heterocycles. The van der Waals surface area contributed by atoms with Gasteiger partial charge in [0.25, 0.3) is 0 Å². The van der Waals surface area contributed by atoms with E-state index >= 15 is 0 Å². The van der Waals surface area contributed by atoms with Gasteiger partial charge in [-0.05, 0) is 35.9 Å². The first-order valence-electron chi connectivity index (χ1n) is 12.8. The van der Waals surface area contributed by atoms with Gasteiger partial charge in [0.15, 0.2) is 25.4 Å². The highest BCUT2D eigenvalue weighted by molar-refractivity contribution is 9.10. The SMILES string of the molecule is O=[PH](Nc1ccc(Br)cc1-c1ccccc1-c1nc(-c2ccccc2)nc(-c2ccccc2)n1)c1ccccc1. The molecule has 5 nitrogen and oxygen atoms in total. The highest BCUT2D eigenvalue weighted by Gasteiger charge is 2.18. The summed E-state index contributed by atoms with van der Waals surface area (Å²) >= 11 is 3.63. The third kappa shape index (κ3) is 5.64. The Morgan fingerprint density at radius 3 is 1.62 bits per heavy atom. The van der Waals surface area contributed by atoms with E-state index in [1.54, 1.807) is 0 Å². The number of rotatable bonds is 7. The number of aromatic nitrogens is 3. The van der Waals surface area contributed by atoms with Crippen molar-refractivity contribution in [3.05, 3.63) is 138 Å². The average Bonchev–Trinajstić information content (AvgIpc) is 3.03. The molecule has 0 aliphatic rings. The highest BCUT2D eigenvalue weighted by atomic mass is 79.9. The van der Waals surface area contributed by atoms with E-state index in [0.717, 1.165) is 43.3 Å². The lowest BCUT2D eigenvalue weighted by Gasteiger charge is -2.16. The van der Waals surface area contributed by atoms with Crippen LogP contribution in [0.3, 0.4) is 0 Å². The molecule has 7 heteroatoms. The standard InChI is InChI=1S/C33H24BrN4OP/c34-25-20-21-30(38-40(39)26-16-8-3-9-17-26)29(22-25)27-18-10-11-19-28(27)33-36-31(23-12-4-1-5-13-23)35-32(37-33)24-14-6-2-7-15-24/h1-22,40H,(H,38,39). The number of hydrogen-bond acceptors (Lipinski definition) is 4. The molecule has 1 N–H and O–H groups in total. The summed E-state index contributed by atoms with van der Waals surface area (Å²) in [5.74, 6) is 1.76. The van der Waals surface area contributed by atoms with E-state index in [9.17, 15) is 4.57 Å². The molecule has 1 atom stereocenters. The molecule has 0 aliphatic carbocycles. The quantitative estimate of drug-likeness (QED) is 0.185. The summed E-state index contributed by atoms with van der Waals surface area (Å²) in [6.45, 7) is 0. The second-order valence-electron chi connectivity index (χ2n) is 9.09. The lowest BCUT2D eigenvalue weighted by atomic mass is 9.97. The summed E-state index contributed by atoms with van der Waals surface area (Å²) in [4.78, 5) is 14.7. The maximum atomic E-state index is 13.3. The van der Waals surface area contributed by atoms with Gasteiger partial charge in [-0.1, -0.05) is 119 Å². The maximum absolute atomic E-state index is 13.3. The molecule has 0 saturated heterocycles. The first-order valence-corrected chi connectivity index (χ1v) is 15.0. The molecule has 0 amide bonds. The van der Waals surface area contributed by atoms with Crippen molar-refractivity contribution in [1.82, 2.24) is 15.0 Å². The van der Waals surface area contributed by atoms with Gasteiger partial charge in [0.05, 0.1) is 0 Å². The topological polar surface area (TPSA) is 67.8 Å². The van der Waals surface area contributed by atoms with E-state index < -0.39 is 7.95 Å². The molecule has 0 aliphatic heterocycles. The number of anilines is 1. The first kappa shape index (κ1) is 25.9. The van der Waals surface area contributed by atoms with Crippen LogP contribution in [0.2, 0.25) is 0 Å². The zero-order chi connectivity index (χ0) is 27.3. The Hall–Kier alpha value is -4.38. The first-order chi connectivity index (χ1) is 19.7. The molecule has 1 aromatic heterocycles. The van der Waals surface area contributed by atoms with E-state index in [4.69, 9.17) is 15.0 Å². The molecule has 5 aromatic carbocycles. The normalized spacial score (nSPS) is 11.6. The van der Waals surface area contributed by atoms with Crippen LogP contribution in [0.4, 0.5) is 5.69 Å². The zero-order valence-electron chi connectivity index (χ0n) is 21.3. The summed E-state index contributed by atoms with van der Waals surface area (Å²) in [5, 5.41) is 4.05. The molecule has 6 aromatic rings. The lowest BCUT2D eigenvalue weighted by molar-refractivity contribution is 0.596. The molecule has 194 valence electrons. The average molecular weight is 603 g/mol.